The molecule has 0 fully saturated rings. The average Bonchev–Trinajstić information content (AvgIpc) is 2.18. The van der Waals surface area contributed by atoms with Crippen LogP contribution in [0.2, 0.25) is 5.02 Å². The van der Waals surface area contributed by atoms with E-state index in [1.54, 1.807) is 12.1 Å². The predicted octanol–water partition coefficient (Wildman–Crippen LogP) is 3.20. The Labute approximate surface area is 105 Å². The molecule has 0 aliphatic carbocycles. The van der Waals surface area contributed by atoms with Crippen molar-refractivity contribution in [3.63, 3.8) is 0 Å². The minimum absolute atomic E-state index is 0.0127. The lowest BCUT2D eigenvalue weighted by molar-refractivity contribution is -0.136. The van der Waals surface area contributed by atoms with Gasteiger partial charge in [0.1, 0.15) is 0 Å². The number of benzene rings is 1. The molecule has 0 unspecified atom stereocenters. The second-order valence-electron chi connectivity index (χ2n) is 4.96. The fourth-order valence-electron chi connectivity index (χ4n) is 1.43. The fourth-order valence-corrected chi connectivity index (χ4v) is 1.68. The quantitative estimate of drug-likeness (QED) is 0.843. The van der Waals surface area contributed by atoms with E-state index in [0.29, 0.717) is 16.1 Å². The minimum Gasteiger partial charge on any atom is -0.481 e. The maximum atomic E-state index is 12.0. The number of carboxylic acid groups (broad SMARTS) is 1. The summed E-state index contributed by atoms with van der Waals surface area (Å²) in [6, 6.07) is 4.75. The van der Waals surface area contributed by atoms with E-state index in [1.807, 2.05) is 20.8 Å². The van der Waals surface area contributed by atoms with Gasteiger partial charge in [-0.25, -0.2) is 0 Å². The molecule has 1 aromatic rings. The van der Waals surface area contributed by atoms with Crippen LogP contribution >= 0.6 is 11.6 Å². The molecule has 0 saturated carbocycles. The van der Waals surface area contributed by atoms with E-state index >= 15 is 0 Å². The first-order valence-electron chi connectivity index (χ1n) is 5.27. The molecule has 0 atom stereocenters. The molecule has 3 nitrogen and oxygen atoms in total. The van der Waals surface area contributed by atoms with Gasteiger partial charge in [0.15, 0.2) is 5.78 Å². The van der Waals surface area contributed by atoms with Gasteiger partial charge in [0, 0.05) is 16.0 Å². The van der Waals surface area contributed by atoms with Crippen molar-refractivity contribution in [1.29, 1.82) is 0 Å². The Morgan fingerprint density at radius 1 is 1.29 bits per heavy atom. The van der Waals surface area contributed by atoms with Crippen LogP contribution in [0.5, 0.6) is 0 Å². The van der Waals surface area contributed by atoms with E-state index in [2.05, 4.69) is 0 Å². The lowest BCUT2D eigenvalue weighted by Gasteiger charge is -2.17. The molecule has 1 aromatic carbocycles. The second kappa shape index (κ2) is 4.88. The first kappa shape index (κ1) is 13.7. The summed E-state index contributed by atoms with van der Waals surface area (Å²) in [6.45, 7) is 5.48. The molecule has 0 aliphatic heterocycles. The number of aliphatic carboxylic acids is 1. The highest BCUT2D eigenvalue weighted by molar-refractivity contribution is 6.32. The van der Waals surface area contributed by atoms with E-state index in [0.717, 1.165) is 0 Å². The fraction of sp³-hybridized carbons (Fsp3) is 0.385. The molecular formula is C13H15ClO3. The van der Waals surface area contributed by atoms with Crippen LogP contribution in [0.25, 0.3) is 0 Å². The van der Waals surface area contributed by atoms with Crippen LogP contribution in [0.4, 0.5) is 0 Å². The van der Waals surface area contributed by atoms with Crippen molar-refractivity contribution in [2.24, 2.45) is 5.41 Å². The van der Waals surface area contributed by atoms with Crippen molar-refractivity contribution in [2.45, 2.75) is 27.2 Å². The Kier molecular flexibility index (Phi) is 3.94. The van der Waals surface area contributed by atoms with Gasteiger partial charge in [-0.1, -0.05) is 44.5 Å². The summed E-state index contributed by atoms with van der Waals surface area (Å²) >= 11 is 5.95. The zero-order chi connectivity index (χ0) is 13.2. The first-order valence-corrected chi connectivity index (χ1v) is 5.64. The summed E-state index contributed by atoms with van der Waals surface area (Å²) in [5.41, 5.74) is 0.554. The zero-order valence-corrected chi connectivity index (χ0v) is 10.8. The average molecular weight is 255 g/mol. The van der Waals surface area contributed by atoms with Crippen LogP contribution in [0.3, 0.4) is 0 Å². The number of carboxylic acids is 1. The molecule has 0 bridgehead atoms. The highest BCUT2D eigenvalue weighted by Crippen LogP contribution is 2.25. The van der Waals surface area contributed by atoms with Gasteiger partial charge in [0.05, 0.1) is 6.42 Å². The standard InChI is InChI=1S/C13H15ClO3/c1-13(2,3)12(17)9-5-4-8(7-11(15)16)10(14)6-9/h4-6H,7H2,1-3H3,(H,15,16). The van der Waals surface area contributed by atoms with Crippen LogP contribution in [0.15, 0.2) is 18.2 Å². The van der Waals surface area contributed by atoms with Crippen molar-refractivity contribution in [1.82, 2.24) is 0 Å². The van der Waals surface area contributed by atoms with Crippen molar-refractivity contribution >= 4 is 23.4 Å². The number of ketones is 1. The van der Waals surface area contributed by atoms with Crippen molar-refractivity contribution in [3.05, 3.63) is 34.3 Å². The van der Waals surface area contributed by atoms with Gasteiger partial charge < -0.3 is 5.11 Å². The topological polar surface area (TPSA) is 54.4 Å². The number of hydrogen-bond acceptors (Lipinski definition) is 2. The Balaban J connectivity index is 3.05. The van der Waals surface area contributed by atoms with E-state index in [4.69, 9.17) is 16.7 Å². The van der Waals surface area contributed by atoms with E-state index in [9.17, 15) is 9.59 Å². The first-order chi connectivity index (χ1) is 7.71. The van der Waals surface area contributed by atoms with E-state index in [1.165, 1.54) is 6.07 Å². The summed E-state index contributed by atoms with van der Waals surface area (Å²) in [6.07, 6.45) is -0.136. The Hall–Kier alpha value is -1.35. The third-order valence-corrected chi connectivity index (χ3v) is 2.69. The molecule has 0 aromatic heterocycles. The van der Waals surface area contributed by atoms with Gasteiger partial charge in [-0.2, -0.15) is 0 Å². The van der Waals surface area contributed by atoms with Gasteiger partial charge in [-0.15, -0.1) is 0 Å². The Bertz CT molecular complexity index is 458. The van der Waals surface area contributed by atoms with Crippen molar-refractivity contribution in [2.75, 3.05) is 0 Å². The molecule has 1 N–H and O–H groups in total. The van der Waals surface area contributed by atoms with Gasteiger partial charge in [-0.05, 0) is 11.6 Å². The molecule has 4 heteroatoms. The third kappa shape index (κ3) is 3.56. The van der Waals surface area contributed by atoms with Crippen LogP contribution in [-0.4, -0.2) is 16.9 Å². The van der Waals surface area contributed by atoms with E-state index < -0.39 is 11.4 Å². The minimum atomic E-state index is -0.943. The van der Waals surface area contributed by atoms with Gasteiger partial charge in [0.2, 0.25) is 0 Å². The maximum absolute atomic E-state index is 12.0. The predicted molar refractivity (Wildman–Crippen MR) is 66.6 cm³/mol. The Morgan fingerprint density at radius 3 is 2.29 bits per heavy atom. The molecule has 0 saturated heterocycles. The van der Waals surface area contributed by atoms with Crippen LogP contribution in [-0.2, 0) is 11.2 Å². The molecule has 0 radical (unpaired) electrons. The normalized spacial score (nSPS) is 11.3. The number of rotatable bonds is 3. The molecule has 92 valence electrons. The Morgan fingerprint density at radius 2 is 1.88 bits per heavy atom. The second-order valence-corrected chi connectivity index (χ2v) is 5.36. The van der Waals surface area contributed by atoms with E-state index in [-0.39, 0.29) is 12.2 Å². The monoisotopic (exact) mass is 254 g/mol. The SMILES string of the molecule is CC(C)(C)C(=O)c1ccc(CC(=O)O)c(Cl)c1. The molecular weight excluding hydrogens is 240 g/mol. The summed E-state index contributed by atoms with van der Waals surface area (Å²) in [7, 11) is 0. The van der Waals surface area contributed by atoms with Crippen LogP contribution < -0.4 is 0 Å². The molecule has 17 heavy (non-hydrogen) atoms. The van der Waals surface area contributed by atoms with Crippen LogP contribution in [0.1, 0.15) is 36.7 Å². The number of carbonyl (C=O) groups is 2. The molecule has 1 rings (SSSR count). The lowest BCUT2D eigenvalue weighted by Crippen LogP contribution is -2.20. The molecule has 0 spiro atoms. The van der Waals surface area contributed by atoms with Gasteiger partial charge in [0.25, 0.3) is 0 Å². The van der Waals surface area contributed by atoms with Crippen molar-refractivity contribution in [3.8, 4) is 0 Å². The lowest BCUT2D eigenvalue weighted by atomic mass is 9.86. The van der Waals surface area contributed by atoms with Gasteiger partial charge >= 0.3 is 5.97 Å². The van der Waals surface area contributed by atoms with Crippen molar-refractivity contribution < 1.29 is 14.7 Å². The molecule has 0 heterocycles. The largest absolute Gasteiger partial charge is 0.481 e. The smallest absolute Gasteiger partial charge is 0.307 e. The zero-order valence-electron chi connectivity index (χ0n) is 10.1. The number of Topliss-reactive ketones (excluding diaryl/α,β-unsaturated/α-hetero) is 1. The molecule has 0 amide bonds. The van der Waals surface area contributed by atoms with Crippen LogP contribution in [0, 0.1) is 5.41 Å². The number of hydrogen-bond donors (Lipinski definition) is 1. The van der Waals surface area contributed by atoms with Gasteiger partial charge in [-0.3, -0.25) is 9.59 Å². The summed E-state index contributed by atoms with van der Waals surface area (Å²) in [5, 5.41) is 9.00. The number of carbonyl (C=O) groups excluding carboxylic acids is 1. The summed E-state index contributed by atoms with van der Waals surface area (Å²) < 4.78 is 0. The summed E-state index contributed by atoms with van der Waals surface area (Å²) in [5.74, 6) is -0.955. The molecule has 0 aliphatic rings. The number of halogens is 1. The maximum Gasteiger partial charge on any atom is 0.307 e. The summed E-state index contributed by atoms with van der Waals surface area (Å²) in [4.78, 5) is 22.6. The highest BCUT2D eigenvalue weighted by atomic mass is 35.5. The third-order valence-electron chi connectivity index (χ3n) is 2.34. The highest BCUT2D eigenvalue weighted by Gasteiger charge is 2.23.